The van der Waals surface area contributed by atoms with Gasteiger partial charge < -0.3 is 14.4 Å². The van der Waals surface area contributed by atoms with Gasteiger partial charge in [-0.15, -0.1) is 0 Å². The quantitative estimate of drug-likeness (QED) is 0.0948. The van der Waals surface area contributed by atoms with Crippen LogP contribution in [0.3, 0.4) is 0 Å². The van der Waals surface area contributed by atoms with Crippen molar-refractivity contribution < 1.29 is 0 Å². The summed E-state index contributed by atoms with van der Waals surface area (Å²) in [6.07, 6.45) is 2.94. The highest BCUT2D eigenvalue weighted by atomic mass is 15.2. The van der Waals surface area contributed by atoms with Gasteiger partial charge in [-0.2, -0.15) is 0 Å². The Balaban J connectivity index is 0.968. The lowest BCUT2D eigenvalue weighted by Gasteiger charge is -2.46. The number of unbranched alkanes of at least 4 members (excludes halogenated alkanes) is 1. The van der Waals surface area contributed by atoms with Crippen LogP contribution in [0.4, 0.5) is 34.1 Å². The van der Waals surface area contributed by atoms with Crippen LogP contribution in [-0.2, 0) is 17.3 Å². The van der Waals surface area contributed by atoms with Gasteiger partial charge in [0.1, 0.15) is 0 Å². The van der Waals surface area contributed by atoms with E-state index in [1.807, 2.05) is 0 Å². The summed E-state index contributed by atoms with van der Waals surface area (Å²) >= 11 is 0. The molecule has 0 aliphatic carbocycles. The first-order valence-corrected chi connectivity index (χ1v) is 39.9. The third-order valence-electron chi connectivity index (χ3n) is 23.5. The maximum Gasteiger partial charge on any atom is 0.252 e. The monoisotopic (exact) mass is 1440 g/mol. The van der Waals surface area contributed by atoms with Gasteiger partial charge in [-0.3, -0.25) is 0 Å². The molecule has 0 spiro atoms. The van der Waals surface area contributed by atoms with E-state index in [1.54, 1.807) is 0 Å². The topological polar surface area (TPSA) is 11.4 Å². The first kappa shape index (κ1) is 69.4. The molecule has 19 rings (SSSR count). The maximum absolute atomic E-state index is 2.77. The number of anilines is 6. The second-order valence-electron chi connectivity index (χ2n) is 32.6. The fourth-order valence-corrected chi connectivity index (χ4v) is 17.6. The Morgan fingerprint density at radius 2 is 0.589 bits per heavy atom. The zero-order chi connectivity index (χ0) is 75.8. The van der Waals surface area contributed by atoms with Crippen molar-refractivity contribution in [3.63, 3.8) is 0 Å². The maximum atomic E-state index is 2.77. The summed E-state index contributed by atoms with van der Waals surface area (Å²) in [5.41, 5.74) is 38.5. The van der Waals surface area contributed by atoms with E-state index in [0.29, 0.717) is 0 Å². The number of benzene rings is 16. The van der Waals surface area contributed by atoms with Gasteiger partial charge in [0.25, 0.3) is 6.71 Å². The molecule has 0 radical (unpaired) electrons. The molecular weight excluding hydrogens is 1350 g/mol. The highest BCUT2D eigenvalue weighted by molar-refractivity contribution is 7.00. The average molecular weight is 1440 g/mol. The van der Waals surface area contributed by atoms with E-state index in [0.717, 1.165) is 81.1 Å². The van der Waals surface area contributed by atoms with Crippen molar-refractivity contribution in [2.24, 2.45) is 0 Å². The summed E-state index contributed by atoms with van der Waals surface area (Å²) in [5.74, 6) is 0. The minimum Gasteiger partial charge on any atom is -0.310 e. The summed E-state index contributed by atoms with van der Waals surface area (Å²) in [6, 6.07) is 140. The summed E-state index contributed by atoms with van der Waals surface area (Å²) in [6.45, 7) is 16.3. The van der Waals surface area contributed by atoms with Gasteiger partial charge in [0.2, 0.25) is 0 Å². The molecule has 2 aliphatic heterocycles. The Kier molecular flexibility index (Phi) is 17.6. The van der Waals surface area contributed by atoms with Crippen molar-refractivity contribution >= 4 is 79.0 Å². The summed E-state index contributed by atoms with van der Waals surface area (Å²) in [4.78, 5) is 5.51. The predicted octanol–water partition coefficient (Wildman–Crippen LogP) is 27.8. The number of para-hydroxylation sites is 2. The molecule has 3 nitrogen and oxygen atoms in total. The first-order valence-electron chi connectivity index (χ1n) is 39.9. The number of aryl methyl sites for hydroxylation is 1. The molecule has 1 aromatic heterocycles. The third kappa shape index (κ3) is 12.5. The molecule has 538 valence electrons. The van der Waals surface area contributed by atoms with Crippen LogP contribution < -0.4 is 26.2 Å². The van der Waals surface area contributed by atoms with E-state index < -0.39 is 0 Å². The minimum atomic E-state index is -0.245. The van der Waals surface area contributed by atoms with Crippen LogP contribution in [0, 0.1) is 0 Å². The fourth-order valence-electron chi connectivity index (χ4n) is 17.6. The van der Waals surface area contributed by atoms with Crippen molar-refractivity contribution in [2.75, 3.05) is 9.80 Å². The van der Waals surface area contributed by atoms with Gasteiger partial charge in [0, 0.05) is 61.5 Å². The average Bonchev–Trinajstić information content (AvgIpc) is 0.766. The van der Waals surface area contributed by atoms with Crippen LogP contribution in [0.2, 0.25) is 0 Å². The number of aromatic nitrogens is 1. The Bertz CT molecular complexity index is 6110. The van der Waals surface area contributed by atoms with E-state index in [-0.39, 0.29) is 17.5 Å². The van der Waals surface area contributed by atoms with E-state index >= 15 is 0 Å². The third-order valence-corrected chi connectivity index (χ3v) is 23.5. The number of hydrogen-bond donors (Lipinski definition) is 0. The van der Waals surface area contributed by atoms with E-state index in [1.165, 1.54) is 133 Å². The van der Waals surface area contributed by atoms with Crippen LogP contribution in [-0.4, -0.2) is 11.3 Å². The van der Waals surface area contributed by atoms with Gasteiger partial charge in [0.15, 0.2) is 0 Å². The Labute approximate surface area is 660 Å². The Hall–Kier alpha value is -13.0. The standard InChI is InChI=1S/C108H88BN3/c1-8-9-29-72-64-102-104-103(65-72)112(106-94(84-56-48-80(49-57-84)75-34-19-12-20-35-75)69-88(108(5,6)7)70-95(106)85-58-50-81(51-59-85)76-36-21-13-22-37-76)101-71-89(110-98-42-27-25-40-90(98)91-41-26-28-43-99(91)110)61-62-96(101)109(104)97-66-86(77-38-23-14-24-39-77)60-63-100(97)111(102)105-92(82-52-44-78(45-53-82)73-30-15-10-16-31-73)67-87(107(2,3)4)68-93(105)83-54-46-79(47-55-83)74-32-17-11-18-33-74/h10-28,30-71H,8-9,29H2,1-7H3. The van der Waals surface area contributed by atoms with Crippen molar-refractivity contribution in [1.82, 2.24) is 4.57 Å². The van der Waals surface area contributed by atoms with Crippen LogP contribution in [0.5, 0.6) is 0 Å². The highest BCUT2D eigenvalue weighted by Gasteiger charge is 2.46. The fraction of sp³-hybridized carbons (Fsp3) is 0.111. The van der Waals surface area contributed by atoms with Crippen LogP contribution in [0.15, 0.2) is 370 Å². The van der Waals surface area contributed by atoms with Crippen LogP contribution in [0.1, 0.15) is 78.0 Å². The number of rotatable bonds is 15. The van der Waals surface area contributed by atoms with Crippen molar-refractivity contribution in [3.8, 4) is 106 Å². The second kappa shape index (κ2) is 28.5. The minimum absolute atomic E-state index is 0.227. The molecule has 0 saturated carbocycles. The first-order chi connectivity index (χ1) is 54.8. The molecule has 16 aromatic carbocycles. The molecule has 0 unspecified atom stereocenters. The molecule has 0 bridgehead atoms. The van der Waals surface area contributed by atoms with Gasteiger partial charge in [0.05, 0.1) is 22.4 Å². The zero-order valence-electron chi connectivity index (χ0n) is 64.8. The van der Waals surface area contributed by atoms with Crippen LogP contribution >= 0.6 is 0 Å². The predicted molar refractivity (Wildman–Crippen MR) is 480 cm³/mol. The van der Waals surface area contributed by atoms with Gasteiger partial charge in [-0.05, 0) is 201 Å². The number of fused-ring (bicyclic) bond motifs is 7. The molecule has 0 fully saturated rings. The Morgan fingerprint density at radius 3 is 0.955 bits per heavy atom. The van der Waals surface area contributed by atoms with E-state index in [4.69, 9.17) is 0 Å². The van der Waals surface area contributed by atoms with Crippen molar-refractivity contribution in [3.05, 3.63) is 387 Å². The smallest absolute Gasteiger partial charge is 0.252 e. The van der Waals surface area contributed by atoms with Crippen molar-refractivity contribution in [1.29, 1.82) is 0 Å². The number of hydrogen-bond acceptors (Lipinski definition) is 2. The van der Waals surface area contributed by atoms with Gasteiger partial charge in [-0.25, -0.2) is 0 Å². The van der Waals surface area contributed by atoms with E-state index in [9.17, 15) is 0 Å². The normalized spacial score (nSPS) is 12.5. The molecule has 112 heavy (non-hydrogen) atoms. The molecule has 0 saturated heterocycles. The largest absolute Gasteiger partial charge is 0.310 e. The Morgan fingerprint density at radius 1 is 0.268 bits per heavy atom. The van der Waals surface area contributed by atoms with Crippen LogP contribution in [0.25, 0.3) is 128 Å². The molecular formula is C108H88BN3. The molecule has 0 atom stereocenters. The number of nitrogens with zero attached hydrogens (tertiary/aromatic N) is 3. The SMILES string of the molecule is CCCCc1cc2c3c(c1)N(c1c(-c4ccc(-c5ccccc5)cc4)cc(C(C)(C)C)cc1-c1ccc(-c4ccccc4)cc1)c1cc(-n4c5ccccc5c5ccccc54)ccc1B3c1cc(-c3ccccc3)ccc1N2c1c(-c2ccc(-c3ccccc3)cc2)cc(C(C)(C)C)cc1-c1ccc(-c2ccccc2)cc1. The van der Waals surface area contributed by atoms with Gasteiger partial charge >= 0.3 is 0 Å². The molecule has 2 aliphatic rings. The highest BCUT2D eigenvalue weighted by Crippen LogP contribution is 2.56. The summed E-state index contributed by atoms with van der Waals surface area (Å²) in [5, 5.41) is 2.46. The van der Waals surface area contributed by atoms with Crippen molar-refractivity contribution in [2.45, 2.75) is 78.6 Å². The molecule has 17 aromatic rings. The summed E-state index contributed by atoms with van der Waals surface area (Å²) in [7, 11) is 0. The summed E-state index contributed by atoms with van der Waals surface area (Å²) < 4.78 is 2.52. The lowest BCUT2D eigenvalue weighted by Crippen LogP contribution is -2.61. The molecule has 3 heterocycles. The molecule has 0 amide bonds. The van der Waals surface area contributed by atoms with E-state index in [2.05, 4.69) is 433 Å². The lowest BCUT2D eigenvalue weighted by molar-refractivity contribution is 0.590. The lowest BCUT2D eigenvalue weighted by atomic mass is 9.33. The second-order valence-corrected chi connectivity index (χ2v) is 32.6. The zero-order valence-corrected chi connectivity index (χ0v) is 64.8. The molecule has 0 N–H and O–H groups in total. The van der Waals surface area contributed by atoms with Gasteiger partial charge in [-0.1, -0.05) is 358 Å². The molecule has 4 heteroatoms.